The summed E-state index contributed by atoms with van der Waals surface area (Å²) in [6.45, 7) is 0. The lowest BCUT2D eigenvalue weighted by molar-refractivity contribution is 0.0697. The molecule has 2 N–H and O–H groups in total. The van der Waals surface area contributed by atoms with Gasteiger partial charge in [-0.15, -0.1) is 0 Å². The number of aromatic carboxylic acids is 1. The number of para-hydroxylation sites is 1. The Kier molecular flexibility index (Phi) is 3.88. The molecular formula is C19H15NO2. The molecule has 3 aromatic rings. The van der Waals surface area contributed by atoms with Crippen LogP contribution in [0.15, 0.2) is 78.9 Å². The van der Waals surface area contributed by atoms with E-state index in [4.69, 9.17) is 5.11 Å². The fourth-order valence-corrected chi connectivity index (χ4v) is 2.31. The molecule has 22 heavy (non-hydrogen) atoms. The molecule has 0 fully saturated rings. The van der Waals surface area contributed by atoms with Crippen LogP contribution in [0.25, 0.3) is 11.1 Å². The van der Waals surface area contributed by atoms with Crippen molar-refractivity contribution in [1.82, 2.24) is 0 Å². The molecule has 3 aromatic carbocycles. The average molecular weight is 289 g/mol. The van der Waals surface area contributed by atoms with Crippen LogP contribution in [0.1, 0.15) is 10.4 Å². The molecular weight excluding hydrogens is 274 g/mol. The lowest BCUT2D eigenvalue weighted by Crippen LogP contribution is -1.97. The molecule has 3 nitrogen and oxygen atoms in total. The van der Waals surface area contributed by atoms with Gasteiger partial charge in [0.05, 0.1) is 5.56 Å². The van der Waals surface area contributed by atoms with Crippen LogP contribution >= 0.6 is 0 Å². The zero-order chi connectivity index (χ0) is 15.4. The molecule has 0 aliphatic rings. The van der Waals surface area contributed by atoms with Gasteiger partial charge in [-0.3, -0.25) is 0 Å². The Morgan fingerprint density at radius 1 is 0.773 bits per heavy atom. The third-order valence-electron chi connectivity index (χ3n) is 3.42. The van der Waals surface area contributed by atoms with E-state index in [1.807, 2.05) is 36.4 Å². The van der Waals surface area contributed by atoms with E-state index >= 15 is 0 Å². The summed E-state index contributed by atoms with van der Waals surface area (Å²) in [5, 5.41) is 12.3. The van der Waals surface area contributed by atoms with Crippen LogP contribution in [0.5, 0.6) is 0 Å². The summed E-state index contributed by atoms with van der Waals surface area (Å²) in [5.74, 6) is -0.920. The van der Waals surface area contributed by atoms with Crippen molar-refractivity contribution in [2.75, 3.05) is 5.32 Å². The topological polar surface area (TPSA) is 49.3 Å². The zero-order valence-electron chi connectivity index (χ0n) is 11.9. The number of nitrogens with one attached hydrogen (secondary N) is 1. The largest absolute Gasteiger partial charge is 0.478 e. The maximum Gasteiger partial charge on any atom is 0.335 e. The SMILES string of the molecule is O=C(O)c1ccc(Nc2ccccc2-c2ccccc2)cc1. The van der Waals surface area contributed by atoms with E-state index in [0.29, 0.717) is 0 Å². The summed E-state index contributed by atoms with van der Waals surface area (Å²) in [6.07, 6.45) is 0. The van der Waals surface area contributed by atoms with Crippen molar-refractivity contribution in [2.24, 2.45) is 0 Å². The van der Waals surface area contributed by atoms with Gasteiger partial charge >= 0.3 is 5.97 Å². The molecule has 108 valence electrons. The third-order valence-corrected chi connectivity index (χ3v) is 3.42. The standard InChI is InChI=1S/C19H15NO2/c21-19(22)15-10-12-16(13-11-15)20-18-9-5-4-8-17(18)14-6-2-1-3-7-14/h1-13,20H,(H,21,22). The lowest BCUT2D eigenvalue weighted by atomic mass is 10.0. The number of benzene rings is 3. The van der Waals surface area contributed by atoms with Crippen LogP contribution in [-0.4, -0.2) is 11.1 Å². The molecule has 0 unspecified atom stereocenters. The molecule has 0 atom stereocenters. The molecule has 0 bridgehead atoms. The van der Waals surface area contributed by atoms with Crippen molar-refractivity contribution in [3.05, 3.63) is 84.4 Å². The first-order chi connectivity index (χ1) is 10.7. The molecule has 0 spiro atoms. The normalized spacial score (nSPS) is 10.2. The minimum Gasteiger partial charge on any atom is -0.478 e. The van der Waals surface area contributed by atoms with Gasteiger partial charge in [0, 0.05) is 16.9 Å². The van der Waals surface area contributed by atoms with Gasteiger partial charge in [0.1, 0.15) is 0 Å². The van der Waals surface area contributed by atoms with Gasteiger partial charge in [-0.1, -0.05) is 48.5 Å². The van der Waals surface area contributed by atoms with Crippen LogP contribution in [0.2, 0.25) is 0 Å². The van der Waals surface area contributed by atoms with Crippen LogP contribution in [0, 0.1) is 0 Å². The monoisotopic (exact) mass is 289 g/mol. The summed E-state index contributed by atoms with van der Waals surface area (Å²) in [4.78, 5) is 10.9. The minimum absolute atomic E-state index is 0.280. The molecule has 0 aromatic heterocycles. The Bertz CT molecular complexity index is 780. The van der Waals surface area contributed by atoms with Crippen LogP contribution < -0.4 is 5.32 Å². The van der Waals surface area contributed by atoms with E-state index in [1.165, 1.54) is 0 Å². The summed E-state index contributed by atoms with van der Waals surface area (Å²) in [6, 6.07) is 24.9. The number of hydrogen-bond donors (Lipinski definition) is 2. The smallest absolute Gasteiger partial charge is 0.335 e. The Hall–Kier alpha value is -3.07. The van der Waals surface area contributed by atoms with E-state index in [0.717, 1.165) is 22.5 Å². The number of anilines is 2. The van der Waals surface area contributed by atoms with Gasteiger partial charge in [-0.25, -0.2) is 4.79 Å². The number of carbonyl (C=O) groups is 1. The van der Waals surface area contributed by atoms with Gasteiger partial charge in [-0.2, -0.15) is 0 Å². The minimum atomic E-state index is -0.920. The molecule has 0 heterocycles. The van der Waals surface area contributed by atoms with Crippen molar-refractivity contribution in [3.63, 3.8) is 0 Å². The molecule has 0 amide bonds. The number of rotatable bonds is 4. The van der Waals surface area contributed by atoms with E-state index < -0.39 is 5.97 Å². The highest BCUT2D eigenvalue weighted by Crippen LogP contribution is 2.30. The van der Waals surface area contributed by atoms with Gasteiger partial charge in [0.2, 0.25) is 0 Å². The summed E-state index contributed by atoms with van der Waals surface area (Å²) >= 11 is 0. The lowest BCUT2D eigenvalue weighted by Gasteiger charge is -2.12. The van der Waals surface area contributed by atoms with Crippen LogP contribution in [0.4, 0.5) is 11.4 Å². The second kappa shape index (κ2) is 6.14. The van der Waals surface area contributed by atoms with E-state index in [9.17, 15) is 4.79 Å². The maximum absolute atomic E-state index is 10.9. The van der Waals surface area contributed by atoms with Crippen molar-refractivity contribution >= 4 is 17.3 Å². The van der Waals surface area contributed by atoms with Crippen molar-refractivity contribution in [1.29, 1.82) is 0 Å². The Labute approximate surface area is 128 Å². The zero-order valence-corrected chi connectivity index (χ0v) is 11.9. The summed E-state index contributed by atoms with van der Waals surface area (Å²) < 4.78 is 0. The average Bonchev–Trinajstić information content (AvgIpc) is 2.57. The van der Waals surface area contributed by atoms with Crippen molar-refractivity contribution in [3.8, 4) is 11.1 Å². The van der Waals surface area contributed by atoms with E-state index in [2.05, 4.69) is 23.5 Å². The molecule has 0 aliphatic carbocycles. The first-order valence-corrected chi connectivity index (χ1v) is 6.99. The second-order valence-corrected chi connectivity index (χ2v) is 4.92. The molecule has 0 radical (unpaired) electrons. The number of carboxylic acid groups (broad SMARTS) is 1. The second-order valence-electron chi connectivity index (χ2n) is 4.92. The van der Waals surface area contributed by atoms with E-state index in [-0.39, 0.29) is 5.56 Å². The fourth-order valence-electron chi connectivity index (χ4n) is 2.31. The first-order valence-electron chi connectivity index (χ1n) is 6.99. The van der Waals surface area contributed by atoms with Gasteiger partial charge in [-0.05, 0) is 35.9 Å². The molecule has 0 saturated carbocycles. The molecule has 3 heteroatoms. The molecule has 3 rings (SSSR count). The summed E-state index contributed by atoms with van der Waals surface area (Å²) in [5.41, 5.74) is 4.35. The highest BCUT2D eigenvalue weighted by Gasteiger charge is 2.06. The van der Waals surface area contributed by atoms with Gasteiger partial charge in [0.15, 0.2) is 0 Å². The maximum atomic E-state index is 10.9. The van der Waals surface area contributed by atoms with Gasteiger partial charge in [0.25, 0.3) is 0 Å². The molecule has 0 aliphatic heterocycles. The van der Waals surface area contributed by atoms with Crippen LogP contribution in [0.3, 0.4) is 0 Å². The summed E-state index contributed by atoms with van der Waals surface area (Å²) in [7, 11) is 0. The number of hydrogen-bond acceptors (Lipinski definition) is 2. The van der Waals surface area contributed by atoms with E-state index in [1.54, 1.807) is 24.3 Å². The quantitative estimate of drug-likeness (QED) is 0.725. The Morgan fingerprint density at radius 2 is 1.41 bits per heavy atom. The first kappa shape index (κ1) is 13.9. The Balaban J connectivity index is 1.91. The fraction of sp³-hybridized carbons (Fsp3) is 0. The van der Waals surface area contributed by atoms with Crippen LogP contribution in [-0.2, 0) is 0 Å². The third kappa shape index (κ3) is 2.99. The predicted octanol–water partition coefficient (Wildman–Crippen LogP) is 4.80. The highest BCUT2D eigenvalue weighted by molar-refractivity contribution is 5.88. The Morgan fingerprint density at radius 3 is 2.09 bits per heavy atom. The highest BCUT2D eigenvalue weighted by atomic mass is 16.4. The van der Waals surface area contributed by atoms with Crippen molar-refractivity contribution < 1.29 is 9.90 Å². The van der Waals surface area contributed by atoms with Gasteiger partial charge < -0.3 is 10.4 Å². The molecule has 0 saturated heterocycles. The predicted molar refractivity (Wildman–Crippen MR) is 88.6 cm³/mol. The van der Waals surface area contributed by atoms with Crippen molar-refractivity contribution in [2.45, 2.75) is 0 Å². The number of carboxylic acids is 1.